The van der Waals surface area contributed by atoms with Crippen molar-refractivity contribution in [1.29, 1.82) is 0 Å². The smallest absolute Gasteiger partial charge is 0.194 e. The van der Waals surface area contributed by atoms with Crippen LogP contribution in [0.4, 0.5) is 0 Å². The van der Waals surface area contributed by atoms with E-state index in [-0.39, 0.29) is 12.3 Å². The number of aromatic nitrogens is 3. The molecule has 0 atom stereocenters. The van der Waals surface area contributed by atoms with Crippen molar-refractivity contribution in [3.8, 4) is 0 Å². The minimum atomic E-state index is 0.107. The molecule has 0 spiro atoms. The molecular weight excluding hydrogens is 246 g/mol. The van der Waals surface area contributed by atoms with Gasteiger partial charge in [0.05, 0.1) is 4.88 Å². The number of ketones is 1. The summed E-state index contributed by atoms with van der Waals surface area (Å²) in [6.45, 7) is 6.34. The van der Waals surface area contributed by atoms with Gasteiger partial charge >= 0.3 is 0 Å². The lowest BCUT2D eigenvalue weighted by atomic mass is 10.3. The number of hydrogen-bond donors (Lipinski definition) is 0. The molecule has 0 N–H and O–H groups in total. The van der Waals surface area contributed by atoms with Gasteiger partial charge in [-0.25, -0.2) is 9.67 Å². The summed E-state index contributed by atoms with van der Waals surface area (Å²) in [6.07, 6.45) is 1.59. The molecule has 0 saturated heterocycles. The van der Waals surface area contributed by atoms with Crippen LogP contribution in [-0.2, 0) is 19.4 Å². The van der Waals surface area contributed by atoms with E-state index in [9.17, 15) is 4.79 Å². The summed E-state index contributed by atoms with van der Waals surface area (Å²) in [5.74, 6) is 1.80. The van der Waals surface area contributed by atoms with Crippen LogP contribution < -0.4 is 0 Å². The first kappa shape index (κ1) is 13.0. The number of hydrogen-bond acceptors (Lipinski definition) is 4. The maximum Gasteiger partial charge on any atom is 0.194 e. The van der Waals surface area contributed by atoms with Gasteiger partial charge in [0.1, 0.15) is 12.4 Å². The lowest BCUT2D eigenvalue weighted by Crippen LogP contribution is -2.13. The van der Waals surface area contributed by atoms with E-state index in [0.29, 0.717) is 0 Å². The summed E-state index contributed by atoms with van der Waals surface area (Å²) in [4.78, 5) is 18.5. The average molecular weight is 263 g/mol. The molecule has 18 heavy (non-hydrogen) atoms. The van der Waals surface area contributed by atoms with Gasteiger partial charge in [0.15, 0.2) is 11.6 Å². The van der Waals surface area contributed by atoms with Gasteiger partial charge in [-0.05, 0) is 19.1 Å². The molecule has 5 heteroatoms. The molecule has 2 rings (SSSR count). The zero-order valence-electron chi connectivity index (χ0n) is 10.9. The number of carbonyl (C=O) groups is 1. The van der Waals surface area contributed by atoms with E-state index >= 15 is 0 Å². The summed E-state index contributed by atoms with van der Waals surface area (Å²) in [5, 5.41) is 4.36. The van der Waals surface area contributed by atoms with E-state index in [1.807, 2.05) is 32.9 Å². The Labute approximate surface area is 111 Å². The Bertz CT molecular complexity index is 556. The lowest BCUT2D eigenvalue weighted by Gasteiger charge is -2.01. The van der Waals surface area contributed by atoms with Crippen LogP contribution in [0.15, 0.2) is 12.1 Å². The zero-order chi connectivity index (χ0) is 13.1. The van der Waals surface area contributed by atoms with Crippen molar-refractivity contribution in [2.24, 2.45) is 0 Å². The van der Waals surface area contributed by atoms with Gasteiger partial charge in [0.25, 0.3) is 0 Å². The second-order valence-corrected chi connectivity index (χ2v) is 5.43. The Morgan fingerprint density at radius 1 is 1.33 bits per heavy atom. The molecule has 0 saturated carbocycles. The second kappa shape index (κ2) is 5.44. The van der Waals surface area contributed by atoms with E-state index in [1.54, 1.807) is 4.68 Å². The Morgan fingerprint density at radius 2 is 2.11 bits per heavy atom. The number of thiophene rings is 1. The molecule has 0 fully saturated rings. The fourth-order valence-electron chi connectivity index (χ4n) is 1.76. The van der Waals surface area contributed by atoms with Crippen LogP contribution in [0.25, 0.3) is 0 Å². The minimum Gasteiger partial charge on any atom is -0.291 e. The number of rotatable bonds is 5. The molecule has 0 bridgehead atoms. The molecule has 2 heterocycles. The zero-order valence-corrected chi connectivity index (χ0v) is 11.8. The highest BCUT2D eigenvalue weighted by atomic mass is 32.1. The van der Waals surface area contributed by atoms with Gasteiger partial charge in [0.2, 0.25) is 0 Å². The van der Waals surface area contributed by atoms with Gasteiger partial charge in [-0.2, -0.15) is 5.10 Å². The molecule has 0 amide bonds. The quantitative estimate of drug-likeness (QED) is 0.779. The maximum atomic E-state index is 12.1. The van der Waals surface area contributed by atoms with Crippen LogP contribution in [-0.4, -0.2) is 20.5 Å². The molecule has 0 radical (unpaired) electrons. The summed E-state index contributed by atoms with van der Waals surface area (Å²) in [5.41, 5.74) is 0. The molecule has 0 unspecified atom stereocenters. The molecular formula is C13H17N3OS. The first-order valence-corrected chi connectivity index (χ1v) is 6.98. The van der Waals surface area contributed by atoms with E-state index in [1.165, 1.54) is 11.3 Å². The maximum absolute atomic E-state index is 12.1. The lowest BCUT2D eigenvalue weighted by molar-refractivity contribution is 0.0970. The third kappa shape index (κ3) is 2.67. The predicted octanol–water partition coefficient (Wildman–Crippen LogP) is 2.66. The SMILES string of the molecule is CCc1nc(CC)n(CC(=O)c2ccc(C)s2)n1. The highest BCUT2D eigenvalue weighted by Crippen LogP contribution is 2.16. The standard InChI is InChI=1S/C13H17N3OS/c1-4-12-14-13(5-2)16(15-12)8-10(17)11-7-6-9(3)18-11/h6-7H,4-5,8H2,1-3H3. The predicted molar refractivity (Wildman–Crippen MR) is 72.2 cm³/mol. The number of Topliss-reactive ketones (excluding diaryl/α,β-unsaturated/α-hetero) is 1. The van der Waals surface area contributed by atoms with Crippen LogP contribution >= 0.6 is 11.3 Å². The van der Waals surface area contributed by atoms with Crippen molar-refractivity contribution in [3.63, 3.8) is 0 Å². The first-order valence-electron chi connectivity index (χ1n) is 6.16. The van der Waals surface area contributed by atoms with E-state index in [0.717, 1.165) is 34.2 Å². The van der Waals surface area contributed by atoms with Gasteiger partial charge in [-0.15, -0.1) is 11.3 Å². The summed E-state index contributed by atoms with van der Waals surface area (Å²) < 4.78 is 1.73. The third-order valence-corrected chi connectivity index (χ3v) is 3.77. The fourth-order valence-corrected chi connectivity index (χ4v) is 2.56. The highest BCUT2D eigenvalue weighted by molar-refractivity contribution is 7.14. The molecule has 0 aliphatic rings. The Balaban J connectivity index is 2.18. The van der Waals surface area contributed by atoms with Crippen molar-refractivity contribution in [2.45, 2.75) is 40.2 Å². The van der Waals surface area contributed by atoms with Gasteiger partial charge < -0.3 is 0 Å². The van der Waals surface area contributed by atoms with Crippen molar-refractivity contribution < 1.29 is 4.79 Å². The highest BCUT2D eigenvalue weighted by Gasteiger charge is 2.13. The third-order valence-electron chi connectivity index (χ3n) is 2.73. The molecule has 96 valence electrons. The van der Waals surface area contributed by atoms with Crippen molar-refractivity contribution in [3.05, 3.63) is 33.5 Å². The monoisotopic (exact) mass is 263 g/mol. The van der Waals surface area contributed by atoms with Gasteiger partial charge in [-0.3, -0.25) is 4.79 Å². The van der Waals surface area contributed by atoms with E-state index in [2.05, 4.69) is 10.1 Å². The summed E-state index contributed by atoms with van der Waals surface area (Å²) in [7, 11) is 0. The summed E-state index contributed by atoms with van der Waals surface area (Å²) >= 11 is 1.53. The van der Waals surface area contributed by atoms with E-state index in [4.69, 9.17) is 0 Å². The van der Waals surface area contributed by atoms with Crippen molar-refractivity contribution in [2.75, 3.05) is 0 Å². The van der Waals surface area contributed by atoms with Crippen LogP contribution in [0, 0.1) is 6.92 Å². The van der Waals surface area contributed by atoms with E-state index < -0.39 is 0 Å². The normalized spacial score (nSPS) is 10.8. The van der Waals surface area contributed by atoms with Crippen LogP contribution in [0.3, 0.4) is 0 Å². The van der Waals surface area contributed by atoms with Crippen molar-refractivity contribution in [1.82, 2.24) is 14.8 Å². The molecule has 0 aromatic carbocycles. The molecule has 0 aliphatic carbocycles. The van der Waals surface area contributed by atoms with Crippen LogP contribution in [0.5, 0.6) is 0 Å². The molecule has 0 aliphatic heterocycles. The number of carbonyl (C=O) groups excluding carboxylic acids is 1. The van der Waals surface area contributed by atoms with Crippen molar-refractivity contribution >= 4 is 17.1 Å². The molecule has 2 aromatic heterocycles. The first-order chi connectivity index (χ1) is 8.63. The van der Waals surface area contributed by atoms with Crippen LogP contribution in [0.1, 0.15) is 40.0 Å². The second-order valence-electron chi connectivity index (χ2n) is 4.14. The average Bonchev–Trinajstić information content (AvgIpc) is 2.95. The topological polar surface area (TPSA) is 47.8 Å². The molecule has 4 nitrogen and oxygen atoms in total. The number of aryl methyl sites for hydroxylation is 3. The largest absolute Gasteiger partial charge is 0.291 e. The van der Waals surface area contributed by atoms with Gasteiger partial charge in [-0.1, -0.05) is 13.8 Å². The van der Waals surface area contributed by atoms with Crippen LogP contribution in [0.2, 0.25) is 0 Å². The fraction of sp³-hybridized carbons (Fsp3) is 0.462. The van der Waals surface area contributed by atoms with Gasteiger partial charge in [0, 0.05) is 17.7 Å². The molecule has 2 aromatic rings. The Morgan fingerprint density at radius 3 is 2.67 bits per heavy atom. The summed E-state index contributed by atoms with van der Waals surface area (Å²) in [6, 6.07) is 3.85. The minimum absolute atomic E-state index is 0.107. The number of nitrogens with zero attached hydrogens (tertiary/aromatic N) is 3. The Kier molecular flexibility index (Phi) is 3.91. The Hall–Kier alpha value is -1.49.